The fraction of sp³-hybridized carbons (Fsp3) is 0.294. The Balaban J connectivity index is 1.55. The van der Waals surface area contributed by atoms with Gasteiger partial charge in [-0.05, 0) is 31.4 Å². The molecule has 0 saturated heterocycles. The van der Waals surface area contributed by atoms with Crippen molar-refractivity contribution in [2.24, 2.45) is 5.73 Å². The van der Waals surface area contributed by atoms with E-state index in [0.717, 1.165) is 35.8 Å². The van der Waals surface area contributed by atoms with Crippen LogP contribution in [0.1, 0.15) is 31.0 Å². The predicted octanol–water partition coefficient (Wildman–Crippen LogP) is 3.79. The second kappa shape index (κ2) is 5.51. The van der Waals surface area contributed by atoms with Crippen molar-refractivity contribution in [3.8, 4) is 5.75 Å². The number of nitrogens with zero attached hydrogens (tertiary/aromatic N) is 2. The first-order chi connectivity index (χ1) is 11.2. The SMILES string of the molecule is NC1(c2noc(COc3ccc(Cl)c4ccccc34)n2)CCC1. The third kappa shape index (κ3) is 2.56. The van der Waals surface area contributed by atoms with E-state index in [1.54, 1.807) is 0 Å². The number of fused-ring (bicyclic) bond motifs is 1. The summed E-state index contributed by atoms with van der Waals surface area (Å²) in [6, 6.07) is 11.5. The molecule has 4 rings (SSSR count). The van der Waals surface area contributed by atoms with Crippen molar-refractivity contribution in [3.63, 3.8) is 0 Å². The summed E-state index contributed by atoms with van der Waals surface area (Å²) in [4.78, 5) is 4.36. The van der Waals surface area contributed by atoms with Crippen LogP contribution < -0.4 is 10.5 Å². The summed E-state index contributed by atoms with van der Waals surface area (Å²) in [6.07, 6.45) is 2.90. The maximum absolute atomic E-state index is 6.21. The summed E-state index contributed by atoms with van der Waals surface area (Å²) in [5.74, 6) is 1.73. The van der Waals surface area contributed by atoms with Crippen molar-refractivity contribution in [3.05, 3.63) is 53.1 Å². The van der Waals surface area contributed by atoms with Crippen LogP contribution in [0.5, 0.6) is 5.75 Å². The summed E-state index contributed by atoms with van der Waals surface area (Å²) in [6.45, 7) is 0.203. The van der Waals surface area contributed by atoms with E-state index in [1.165, 1.54) is 0 Å². The highest BCUT2D eigenvalue weighted by atomic mass is 35.5. The van der Waals surface area contributed by atoms with Crippen LogP contribution in [0, 0.1) is 0 Å². The Labute approximate surface area is 138 Å². The molecule has 0 aliphatic heterocycles. The minimum Gasteiger partial charge on any atom is -0.483 e. The second-order valence-corrected chi connectivity index (χ2v) is 6.31. The maximum Gasteiger partial charge on any atom is 0.264 e. The molecule has 1 aliphatic carbocycles. The average molecular weight is 330 g/mol. The first-order valence-electron chi connectivity index (χ1n) is 7.58. The van der Waals surface area contributed by atoms with Crippen LogP contribution in [0.4, 0.5) is 0 Å². The van der Waals surface area contributed by atoms with Crippen LogP contribution >= 0.6 is 11.6 Å². The number of ether oxygens (including phenoxy) is 1. The van der Waals surface area contributed by atoms with Gasteiger partial charge < -0.3 is 15.0 Å². The van der Waals surface area contributed by atoms with Crippen molar-refractivity contribution in [1.29, 1.82) is 0 Å². The fourth-order valence-electron chi connectivity index (χ4n) is 2.80. The predicted molar refractivity (Wildman–Crippen MR) is 87.3 cm³/mol. The summed E-state index contributed by atoms with van der Waals surface area (Å²) in [5.41, 5.74) is 5.77. The van der Waals surface area contributed by atoms with Crippen molar-refractivity contribution in [2.75, 3.05) is 0 Å². The molecule has 1 fully saturated rings. The van der Waals surface area contributed by atoms with Crippen molar-refractivity contribution < 1.29 is 9.26 Å². The van der Waals surface area contributed by atoms with E-state index >= 15 is 0 Å². The molecule has 1 heterocycles. The molecule has 3 aromatic rings. The number of halogens is 1. The van der Waals surface area contributed by atoms with Crippen molar-refractivity contribution in [2.45, 2.75) is 31.4 Å². The smallest absolute Gasteiger partial charge is 0.264 e. The largest absolute Gasteiger partial charge is 0.483 e. The lowest BCUT2D eigenvalue weighted by molar-refractivity contribution is 0.223. The number of nitrogens with two attached hydrogens (primary N) is 1. The molecule has 2 N–H and O–H groups in total. The summed E-state index contributed by atoms with van der Waals surface area (Å²) >= 11 is 6.21. The molecule has 118 valence electrons. The zero-order chi connectivity index (χ0) is 15.9. The molecule has 0 bridgehead atoms. The van der Waals surface area contributed by atoms with Gasteiger partial charge in [0.25, 0.3) is 5.89 Å². The fourth-order valence-corrected chi connectivity index (χ4v) is 3.02. The molecule has 1 saturated carbocycles. The van der Waals surface area contributed by atoms with Gasteiger partial charge >= 0.3 is 0 Å². The van der Waals surface area contributed by atoms with E-state index in [0.29, 0.717) is 16.7 Å². The molecule has 0 atom stereocenters. The number of hydrogen-bond donors (Lipinski definition) is 1. The first-order valence-corrected chi connectivity index (χ1v) is 7.95. The second-order valence-electron chi connectivity index (χ2n) is 5.90. The quantitative estimate of drug-likeness (QED) is 0.788. The lowest BCUT2D eigenvalue weighted by Gasteiger charge is -2.34. The Hall–Kier alpha value is -2.11. The number of aromatic nitrogens is 2. The highest BCUT2D eigenvalue weighted by molar-refractivity contribution is 6.35. The van der Waals surface area contributed by atoms with Crippen molar-refractivity contribution >= 4 is 22.4 Å². The lowest BCUT2D eigenvalue weighted by Crippen LogP contribution is -2.44. The van der Waals surface area contributed by atoms with Gasteiger partial charge in [-0.25, -0.2) is 0 Å². The Bertz CT molecular complexity index is 858. The highest BCUT2D eigenvalue weighted by Gasteiger charge is 2.38. The normalized spacial score (nSPS) is 16.3. The van der Waals surface area contributed by atoms with Gasteiger partial charge in [0.05, 0.1) is 5.54 Å². The summed E-state index contributed by atoms with van der Waals surface area (Å²) in [7, 11) is 0. The molecule has 1 aliphatic rings. The highest BCUT2D eigenvalue weighted by Crippen LogP contribution is 2.37. The van der Waals surface area contributed by atoms with Gasteiger partial charge in [0.2, 0.25) is 0 Å². The van der Waals surface area contributed by atoms with E-state index in [2.05, 4.69) is 10.1 Å². The standard InChI is InChI=1S/C17H16ClN3O2/c18-13-6-7-14(12-5-2-1-4-11(12)13)22-10-15-20-16(21-23-15)17(19)8-3-9-17/h1-2,4-7H,3,8-10,19H2. The van der Waals surface area contributed by atoms with Gasteiger partial charge in [-0.1, -0.05) is 41.0 Å². The van der Waals surface area contributed by atoms with E-state index in [-0.39, 0.29) is 6.61 Å². The molecule has 5 nitrogen and oxygen atoms in total. The topological polar surface area (TPSA) is 74.2 Å². The molecule has 6 heteroatoms. The van der Waals surface area contributed by atoms with Gasteiger partial charge in [0.1, 0.15) is 5.75 Å². The molecule has 0 amide bonds. The third-order valence-electron chi connectivity index (χ3n) is 4.34. The zero-order valence-corrected chi connectivity index (χ0v) is 13.2. The molecule has 1 aromatic heterocycles. The molecule has 0 radical (unpaired) electrons. The van der Waals surface area contributed by atoms with Crippen LogP contribution in [0.3, 0.4) is 0 Å². The van der Waals surface area contributed by atoms with E-state index in [1.807, 2.05) is 36.4 Å². The van der Waals surface area contributed by atoms with Gasteiger partial charge in [-0.2, -0.15) is 4.98 Å². The molecule has 0 spiro atoms. The zero-order valence-electron chi connectivity index (χ0n) is 12.5. The number of rotatable bonds is 4. The molecule has 2 aromatic carbocycles. The number of benzene rings is 2. The van der Waals surface area contributed by atoms with E-state index < -0.39 is 5.54 Å². The van der Waals surface area contributed by atoms with E-state index in [9.17, 15) is 0 Å². The minimum absolute atomic E-state index is 0.203. The Morgan fingerprint density at radius 1 is 1.17 bits per heavy atom. The Morgan fingerprint density at radius 2 is 1.96 bits per heavy atom. The van der Waals surface area contributed by atoms with Gasteiger partial charge in [0, 0.05) is 15.8 Å². The van der Waals surface area contributed by atoms with Crippen LogP contribution in [0.15, 0.2) is 40.9 Å². The first kappa shape index (κ1) is 14.5. The van der Waals surface area contributed by atoms with Crippen LogP contribution in [0.2, 0.25) is 5.02 Å². The number of hydrogen-bond acceptors (Lipinski definition) is 5. The monoisotopic (exact) mass is 329 g/mol. The third-order valence-corrected chi connectivity index (χ3v) is 4.67. The molecular formula is C17H16ClN3O2. The van der Waals surface area contributed by atoms with Crippen molar-refractivity contribution in [1.82, 2.24) is 10.1 Å². The summed E-state index contributed by atoms with van der Waals surface area (Å²) < 4.78 is 11.1. The average Bonchev–Trinajstić information content (AvgIpc) is 3.02. The van der Waals surface area contributed by atoms with Crippen LogP contribution in [0.25, 0.3) is 10.8 Å². The molecule has 0 unspecified atom stereocenters. The van der Waals surface area contributed by atoms with Gasteiger partial charge in [-0.3, -0.25) is 0 Å². The maximum atomic E-state index is 6.21. The van der Waals surface area contributed by atoms with E-state index in [4.69, 9.17) is 26.6 Å². The van der Waals surface area contributed by atoms with Gasteiger partial charge in [0.15, 0.2) is 12.4 Å². The lowest BCUT2D eigenvalue weighted by atomic mass is 9.77. The Morgan fingerprint density at radius 3 is 2.70 bits per heavy atom. The van der Waals surface area contributed by atoms with Gasteiger partial charge in [-0.15, -0.1) is 0 Å². The van der Waals surface area contributed by atoms with Crippen LogP contribution in [-0.4, -0.2) is 10.1 Å². The van der Waals surface area contributed by atoms with Crippen LogP contribution in [-0.2, 0) is 12.1 Å². The molecule has 23 heavy (non-hydrogen) atoms. The molecular weight excluding hydrogens is 314 g/mol. The summed E-state index contributed by atoms with van der Waals surface area (Å²) in [5, 5.41) is 6.59. The minimum atomic E-state index is -0.422. The Kier molecular flexibility index (Phi) is 3.47.